The summed E-state index contributed by atoms with van der Waals surface area (Å²) in [5.74, 6) is 0.496. The van der Waals surface area contributed by atoms with Gasteiger partial charge in [-0.1, -0.05) is 35.9 Å². The van der Waals surface area contributed by atoms with Gasteiger partial charge in [0.25, 0.3) is 0 Å². The van der Waals surface area contributed by atoms with Crippen LogP contribution in [0.25, 0.3) is 0 Å². The fourth-order valence-corrected chi connectivity index (χ4v) is 4.43. The Balaban J connectivity index is 1.31. The van der Waals surface area contributed by atoms with E-state index in [0.717, 1.165) is 60.6 Å². The molecular weight excluding hydrogens is 412 g/mol. The van der Waals surface area contributed by atoms with Gasteiger partial charge in [0.1, 0.15) is 5.82 Å². The van der Waals surface area contributed by atoms with Gasteiger partial charge in [-0.15, -0.1) is 0 Å². The number of nitrogens with two attached hydrogens (primary N) is 1. The molecule has 0 radical (unpaired) electrons. The van der Waals surface area contributed by atoms with Gasteiger partial charge in [-0.3, -0.25) is 9.48 Å². The summed E-state index contributed by atoms with van der Waals surface area (Å²) in [4.78, 5) is 21.2. The molecule has 3 aromatic rings. The van der Waals surface area contributed by atoms with E-state index >= 15 is 0 Å². The smallest absolute Gasteiger partial charge is 0.228 e. The van der Waals surface area contributed by atoms with Crippen LogP contribution in [-0.2, 0) is 29.5 Å². The third-order valence-electron chi connectivity index (χ3n) is 6.40. The summed E-state index contributed by atoms with van der Waals surface area (Å²) in [6.07, 6.45) is 9.30. The Bertz CT molecular complexity index is 1120. The molecule has 2 aliphatic rings. The number of nitrogens with one attached hydrogen (secondary N) is 1. The van der Waals surface area contributed by atoms with Gasteiger partial charge in [-0.05, 0) is 42.4 Å². The fraction of sp³-hybridized carbons (Fsp3) is 0.391. The molecule has 160 valence electrons. The molecule has 31 heavy (non-hydrogen) atoms. The summed E-state index contributed by atoms with van der Waals surface area (Å²) in [6.45, 7) is 1.92. The van der Waals surface area contributed by atoms with Crippen LogP contribution in [0.4, 0.5) is 0 Å². The third-order valence-corrected chi connectivity index (χ3v) is 6.72. The number of nitrogens with zero attached hydrogens (tertiary/aromatic N) is 4. The monoisotopic (exact) mass is 436 g/mol. The largest absolute Gasteiger partial charge is 0.369 e. The van der Waals surface area contributed by atoms with Crippen molar-refractivity contribution in [3.05, 3.63) is 76.1 Å². The van der Waals surface area contributed by atoms with Crippen LogP contribution in [0.5, 0.6) is 0 Å². The predicted molar refractivity (Wildman–Crippen MR) is 118 cm³/mol. The number of carbonyl (C=O) groups is 1. The molecular formula is C23H25ClN6O. The Morgan fingerprint density at radius 3 is 2.74 bits per heavy atom. The molecule has 0 atom stereocenters. The molecule has 0 bridgehead atoms. The molecule has 2 aromatic heterocycles. The van der Waals surface area contributed by atoms with Crippen molar-refractivity contribution >= 4 is 17.5 Å². The number of amides is 1. The highest BCUT2D eigenvalue weighted by atomic mass is 35.5. The summed E-state index contributed by atoms with van der Waals surface area (Å²) in [6, 6.07) is 8.49. The van der Waals surface area contributed by atoms with Crippen molar-refractivity contribution in [1.29, 1.82) is 0 Å². The van der Waals surface area contributed by atoms with Crippen molar-refractivity contribution in [2.75, 3.05) is 13.1 Å². The van der Waals surface area contributed by atoms with Crippen molar-refractivity contribution in [3.63, 3.8) is 0 Å². The molecule has 0 unspecified atom stereocenters. The number of hydrogen-bond acceptors (Lipinski definition) is 5. The number of primary amides is 1. The molecule has 7 nitrogen and oxygen atoms in total. The first kappa shape index (κ1) is 20.2. The first-order valence-electron chi connectivity index (χ1n) is 10.7. The zero-order valence-electron chi connectivity index (χ0n) is 17.2. The van der Waals surface area contributed by atoms with Crippen LogP contribution in [0.15, 0.2) is 42.9 Å². The Morgan fingerprint density at radius 2 is 2.03 bits per heavy atom. The van der Waals surface area contributed by atoms with E-state index in [1.807, 2.05) is 29.1 Å². The first-order chi connectivity index (χ1) is 15.0. The maximum Gasteiger partial charge on any atom is 0.228 e. The van der Waals surface area contributed by atoms with Crippen LogP contribution in [0, 0.1) is 0 Å². The Kier molecular flexibility index (Phi) is 5.24. The maximum atomic E-state index is 12.0. The molecule has 1 aliphatic heterocycles. The molecule has 3 N–H and O–H groups in total. The number of aromatic nitrogens is 4. The van der Waals surface area contributed by atoms with Crippen molar-refractivity contribution < 1.29 is 4.79 Å². The van der Waals surface area contributed by atoms with Crippen molar-refractivity contribution in [2.24, 2.45) is 5.73 Å². The Hall–Kier alpha value is -2.77. The zero-order valence-corrected chi connectivity index (χ0v) is 18.0. The standard InChI is InChI=1S/C23H25ClN6O/c24-19-13-27-21(9-15-10-28-30(14-15)17-11-26-12-17)29-20(19)6-5-16-3-1-2-4-18(16)23(7-8-23)22(25)31/h1-4,10,13-14,17,26H,5-9,11-12H2,(H2,25,31). The highest BCUT2D eigenvalue weighted by molar-refractivity contribution is 6.31. The SMILES string of the molecule is NC(=O)C1(c2ccccc2CCc2nc(Cc3cnn(C4CNC4)c3)ncc2Cl)CC1. The minimum atomic E-state index is -0.493. The number of benzene rings is 1. The van der Waals surface area contributed by atoms with Gasteiger partial charge in [0.05, 0.1) is 28.4 Å². The molecule has 2 fully saturated rings. The van der Waals surface area contributed by atoms with Crippen LogP contribution in [-0.4, -0.2) is 38.7 Å². The second-order valence-electron chi connectivity index (χ2n) is 8.50. The number of halogens is 1. The Labute approximate surface area is 186 Å². The van der Waals surface area contributed by atoms with Gasteiger partial charge in [0.15, 0.2) is 0 Å². The van der Waals surface area contributed by atoms with E-state index in [0.29, 0.717) is 23.9 Å². The molecule has 1 aliphatic carbocycles. The topological polar surface area (TPSA) is 98.7 Å². The summed E-state index contributed by atoms with van der Waals surface area (Å²) in [5.41, 5.74) is 9.29. The number of carbonyl (C=O) groups excluding carboxylic acids is 1. The average molecular weight is 437 g/mol. The van der Waals surface area contributed by atoms with Crippen molar-refractivity contribution in [2.45, 2.75) is 43.6 Å². The fourth-order valence-electron chi connectivity index (χ4n) is 4.25. The molecule has 1 saturated heterocycles. The van der Waals surface area contributed by atoms with Gasteiger partial charge in [-0.25, -0.2) is 9.97 Å². The molecule has 1 amide bonds. The highest BCUT2D eigenvalue weighted by Crippen LogP contribution is 2.49. The van der Waals surface area contributed by atoms with Crippen molar-refractivity contribution in [1.82, 2.24) is 25.1 Å². The van der Waals surface area contributed by atoms with Crippen LogP contribution in [0.2, 0.25) is 5.02 Å². The second-order valence-corrected chi connectivity index (χ2v) is 8.91. The van der Waals surface area contributed by atoms with E-state index in [1.54, 1.807) is 6.20 Å². The molecule has 5 rings (SSSR count). The lowest BCUT2D eigenvalue weighted by molar-refractivity contribution is -0.120. The third kappa shape index (κ3) is 3.95. The van der Waals surface area contributed by atoms with E-state index in [-0.39, 0.29) is 5.91 Å². The van der Waals surface area contributed by atoms with Gasteiger partial charge >= 0.3 is 0 Å². The zero-order chi connectivity index (χ0) is 21.4. The summed E-state index contributed by atoms with van der Waals surface area (Å²) < 4.78 is 2.01. The van der Waals surface area contributed by atoms with Crippen LogP contribution < -0.4 is 11.1 Å². The van der Waals surface area contributed by atoms with Gasteiger partial charge in [-0.2, -0.15) is 5.10 Å². The number of hydrogen-bond donors (Lipinski definition) is 2. The number of aryl methyl sites for hydroxylation is 2. The first-order valence-corrected chi connectivity index (χ1v) is 11.1. The normalized spacial score (nSPS) is 17.3. The minimum Gasteiger partial charge on any atom is -0.369 e. The summed E-state index contributed by atoms with van der Waals surface area (Å²) in [7, 11) is 0. The van der Waals surface area contributed by atoms with E-state index in [1.165, 1.54) is 0 Å². The van der Waals surface area contributed by atoms with Crippen LogP contribution >= 0.6 is 11.6 Å². The Morgan fingerprint density at radius 1 is 1.23 bits per heavy atom. The molecule has 1 saturated carbocycles. The van der Waals surface area contributed by atoms with E-state index in [2.05, 4.69) is 27.7 Å². The maximum absolute atomic E-state index is 12.0. The molecule has 0 spiro atoms. The molecule has 8 heteroatoms. The predicted octanol–water partition coefficient (Wildman–Crippen LogP) is 2.36. The lowest BCUT2D eigenvalue weighted by atomic mass is 9.88. The lowest BCUT2D eigenvalue weighted by Crippen LogP contribution is -2.43. The van der Waals surface area contributed by atoms with Crippen molar-refractivity contribution in [3.8, 4) is 0 Å². The quantitative estimate of drug-likeness (QED) is 0.564. The lowest BCUT2D eigenvalue weighted by Gasteiger charge is -2.27. The van der Waals surface area contributed by atoms with Gasteiger partial charge < -0.3 is 11.1 Å². The van der Waals surface area contributed by atoms with E-state index in [4.69, 9.17) is 22.3 Å². The van der Waals surface area contributed by atoms with Crippen LogP contribution in [0.1, 0.15) is 47.1 Å². The average Bonchev–Trinajstić information content (AvgIpc) is 3.42. The summed E-state index contributed by atoms with van der Waals surface area (Å²) >= 11 is 6.41. The number of rotatable bonds is 8. The summed E-state index contributed by atoms with van der Waals surface area (Å²) in [5, 5.41) is 8.28. The van der Waals surface area contributed by atoms with E-state index in [9.17, 15) is 4.79 Å². The van der Waals surface area contributed by atoms with Gasteiger partial charge in [0.2, 0.25) is 5.91 Å². The molecule has 1 aromatic carbocycles. The molecule has 3 heterocycles. The second kappa shape index (κ2) is 8.05. The van der Waals surface area contributed by atoms with Gasteiger partial charge in [0, 0.05) is 31.9 Å². The highest BCUT2D eigenvalue weighted by Gasteiger charge is 2.50. The minimum absolute atomic E-state index is 0.236. The van der Waals surface area contributed by atoms with Crippen LogP contribution in [0.3, 0.4) is 0 Å². The van der Waals surface area contributed by atoms with E-state index < -0.39 is 5.41 Å².